The van der Waals surface area contributed by atoms with E-state index in [1.807, 2.05) is 12.2 Å². The summed E-state index contributed by atoms with van der Waals surface area (Å²) < 4.78 is 0. The average Bonchev–Trinajstić information content (AvgIpc) is 3.66. The fourth-order valence-electron chi connectivity index (χ4n) is 10.6. The van der Waals surface area contributed by atoms with E-state index in [4.69, 9.17) is 0 Å². The van der Waals surface area contributed by atoms with Gasteiger partial charge in [-0.25, -0.2) is 0 Å². The van der Waals surface area contributed by atoms with Crippen LogP contribution in [0, 0.1) is 0 Å². The second-order valence-corrected chi connectivity index (χ2v) is 16.4. The van der Waals surface area contributed by atoms with Crippen LogP contribution in [-0.2, 0) is 10.8 Å². The van der Waals surface area contributed by atoms with Gasteiger partial charge >= 0.3 is 0 Å². The van der Waals surface area contributed by atoms with Crippen molar-refractivity contribution in [2.24, 2.45) is 0 Å². The Morgan fingerprint density at radius 2 is 1.34 bits per heavy atom. The quantitative estimate of drug-likeness (QED) is 0.0995. The van der Waals surface area contributed by atoms with Crippen LogP contribution >= 0.6 is 0 Å². The summed E-state index contributed by atoms with van der Waals surface area (Å²) in [5, 5.41) is 5.10. The van der Waals surface area contributed by atoms with E-state index in [0.717, 1.165) is 6.54 Å². The van der Waals surface area contributed by atoms with E-state index in [2.05, 4.69) is 202 Å². The van der Waals surface area contributed by atoms with E-state index in [1.165, 1.54) is 115 Å². The molecule has 1 atom stereocenters. The SMILES string of the molecule is C=C/C=C\C=C\C1(c2ccccc2)C(/C=C(\C)N(CC2=C(/C=C\C)C3(CCCCC3)c3ccccc32)c2ccc3ccc4ccccc4c3c2)=C(C)c2ccccc21. The van der Waals surface area contributed by atoms with Gasteiger partial charge in [0.2, 0.25) is 0 Å². The maximum atomic E-state index is 3.94. The van der Waals surface area contributed by atoms with Gasteiger partial charge in [-0.2, -0.15) is 0 Å². The molecule has 1 nitrogen and oxygen atoms in total. The van der Waals surface area contributed by atoms with Gasteiger partial charge in [0.15, 0.2) is 0 Å². The highest BCUT2D eigenvalue weighted by atomic mass is 15.1. The molecule has 1 heteroatoms. The lowest BCUT2D eigenvalue weighted by Crippen LogP contribution is -2.29. The Balaban J connectivity index is 1.29. The van der Waals surface area contributed by atoms with Crippen LogP contribution in [0.15, 0.2) is 205 Å². The summed E-state index contributed by atoms with van der Waals surface area (Å²) in [6.45, 7) is 11.5. The number of fused-ring (bicyclic) bond motifs is 6. The molecule has 1 saturated carbocycles. The molecule has 9 rings (SSSR count). The second-order valence-electron chi connectivity index (χ2n) is 16.4. The third kappa shape index (κ3) is 6.16. The molecule has 0 bridgehead atoms. The first kappa shape index (κ1) is 37.4. The number of benzene rings is 6. The maximum Gasteiger partial charge on any atom is 0.0644 e. The normalized spacial score (nSPS) is 19.1. The molecule has 0 saturated heterocycles. The lowest BCUT2D eigenvalue weighted by molar-refractivity contribution is 0.350. The third-order valence-corrected chi connectivity index (χ3v) is 13.3. The summed E-state index contributed by atoms with van der Waals surface area (Å²) in [6.07, 6.45) is 24.1. The second kappa shape index (κ2) is 15.6. The Kier molecular flexibility index (Phi) is 10.1. The molecule has 0 radical (unpaired) electrons. The zero-order valence-electron chi connectivity index (χ0n) is 34.2. The Hall–Kier alpha value is -6.18. The van der Waals surface area contributed by atoms with E-state index in [0.29, 0.717) is 0 Å². The van der Waals surface area contributed by atoms with Gasteiger partial charge in [-0.3, -0.25) is 0 Å². The van der Waals surface area contributed by atoms with Gasteiger partial charge < -0.3 is 4.90 Å². The van der Waals surface area contributed by atoms with Gasteiger partial charge in [0.1, 0.15) is 0 Å². The fraction of sp³-hybridized carbons (Fsp3) is 0.193. The molecule has 0 aliphatic heterocycles. The summed E-state index contributed by atoms with van der Waals surface area (Å²) in [5.41, 5.74) is 14.4. The van der Waals surface area contributed by atoms with Gasteiger partial charge in [0.05, 0.1) is 5.41 Å². The van der Waals surface area contributed by atoms with Crippen LogP contribution < -0.4 is 4.90 Å². The number of hydrogen-bond donors (Lipinski definition) is 0. The minimum Gasteiger partial charge on any atom is -0.341 e. The molecule has 0 N–H and O–H groups in total. The van der Waals surface area contributed by atoms with Crippen molar-refractivity contribution in [2.45, 2.75) is 63.7 Å². The fourth-order valence-corrected chi connectivity index (χ4v) is 10.6. The molecule has 6 aromatic rings. The van der Waals surface area contributed by atoms with Crippen LogP contribution in [0.25, 0.3) is 32.7 Å². The maximum absolute atomic E-state index is 3.94. The van der Waals surface area contributed by atoms with Crippen molar-refractivity contribution in [1.29, 1.82) is 0 Å². The number of nitrogens with zero attached hydrogens (tertiary/aromatic N) is 1. The number of anilines is 1. The molecule has 6 aromatic carbocycles. The molecule has 0 aromatic heterocycles. The van der Waals surface area contributed by atoms with Crippen molar-refractivity contribution < 1.29 is 0 Å². The molecular formula is C57H53N. The van der Waals surface area contributed by atoms with Crippen molar-refractivity contribution in [3.63, 3.8) is 0 Å². The van der Waals surface area contributed by atoms with E-state index in [-0.39, 0.29) is 5.41 Å². The standard InChI is InChI=1S/C57H53N/c1-5-7-8-21-37-57(45-24-11-9-12-25-45)54-30-18-15-26-47(54)42(4)55(57)38-41(3)58(46-34-33-44-32-31-43-23-13-14-27-48(43)50(44)39-46)40-51-49-28-16-17-29-53(49)56(52(51)22-6-2)35-19-10-20-36-56/h5-9,11-18,21-34,37-39H,1,10,19-20,35-36,40H2,2-4H3/b8-7-,22-6-,37-21+,41-38+. The molecule has 0 heterocycles. The van der Waals surface area contributed by atoms with Crippen LogP contribution in [0.4, 0.5) is 5.69 Å². The summed E-state index contributed by atoms with van der Waals surface area (Å²) in [4.78, 5) is 2.61. The summed E-state index contributed by atoms with van der Waals surface area (Å²) >= 11 is 0. The summed E-state index contributed by atoms with van der Waals surface area (Å²) in [5.74, 6) is 0. The Labute approximate surface area is 345 Å². The zero-order valence-corrected chi connectivity index (χ0v) is 34.2. The summed E-state index contributed by atoms with van der Waals surface area (Å²) in [6, 6.07) is 49.8. The number of allylic oxidation sites excluding steroid dienone is 12. The Morgan fingerprint density at radius 1 is 0.672 bits per heavy atom. The average molecular weight is 752 g/mol. The highest BCUT2D eigenvalue weighted by Gasteiger charge is 2.45. The van der Waals surface area contributed by atoms with Crippen LogP contribution in [0.2, 0.25) is 0 Å². The van der Waals surface area contributed by atoms with Crippen molar-refractivity contribution in [1.82, 2.24) is 0 Å². The molecule has 1 spiro atoms. The van der Waals surface area contributed by atoms with Gasteiger partial charge in [0, 0.05) is 23.3 Å². The van der Waals surface area contributed by atoms with E-state index < -0.39 is 5.41 Å². The lowest BCUT2D eigenvalue weighted by Gasteiger charge is -2.37. The van der Waals surface area contributed by atoms with E-state index in [1.54, 1.807) is 0 Å². The smallest absolute Gasteiger partial charge is 0.0644 e. The minimum absolute atomic E-state index is 0.0674. The molecule has 1 unspecified atom stereocenters. The van der Waals surface area contributed by atoms with Crippen molar-refractivity contribution in [3.05, 3.63) is 233 Å². The summed E-state index contributed by atoms with van der Waals surface area (Å²) in [7, 11) is 0. The van der Waals surface area contributed by atoms with E-state index in [9.17, 15) is 0 Å². The molecule has 0 amide bonds. The zero-order chi connectivity index (χ0) is 39.7. The number of rotatable bonds is 10. The minimum atomic E-state index is -0.485. The molecule has 58 heavy (non-hydrogen) atoms. The van der Waals surface area contributed by atoms with Crippen molar-refractivity contribution in [2.75, 3.05) is 11.4 Å². The monoisotopic (exact) mass is 751 g/mol. The van der Waals surface area contributed by atoms with Crippen molar-refractivity contribution >= 4 is 38.4 Å². The number of hydrogen-bond acceptors (Lipinski definition) is 1. The van der Waals surface area contributed by atoms with Crippen LogP contribution in [0.1, 0.15) is 80.7 Å². The largest absolute Gasteiger partial charge is 0.341 e. The topological polar surface area (TPSA) is 3.24 Å². The van der Waals surface area contributed by atoms with Gasteiger partial charge in [0.25, 0.3) is 0 Å². The molecule has 1 fully saturated rings. The van der Waals surface area contributed by atoms with Crippen molar-refractivity contribution in [3.8, 4) is 0 Å². The van der Waals surface area contributed by atoms with Crippen LogP contribution in [0.5, 0.6) is 0 Å². The third-order valence-electron chi connectivity index (χ3n) is 13.3. The molecular weight excluding hydrogens is 699 g/mol. The van der Waals surface area contributed by atoms with Crippen LogP contribution in [0.3, 0.4) is 0 Å². The molecule has 3 aliphatic rings. The predicted octanol–water partition coefficient (Wildman–Crippen LogP) is 15.0. The van der Waals surface area contributed by atoms with Crippen LogP contribution in [-0.4, -0.2) is 6.54 Å². The first-order chi connectivity index (χ1) is 28.5. The van der Waals surface area contributed by atoms with E-state index >= 15 is 0 Å². The predicted molar refractivity (Wildman–Crippen MR) is 250 cm³/mol. The highest BCUT2D eigenvalue weighted by Crippen LogP contribution is 2.56. The van der Waals surface area contributed by atoms with Gasteiger partial charge in [-0.15, -0.1) is 0 Å². The van der Waals surface area contributed by atoms with Gasteiger partial charge in [-0.1, -0.05) is 190 Å². The Bertz CT molecular complexity index is 2720. The first-order valence-electron chi connectivity index (χ1n) is 21.2. The molecule has 3 aliphatic carbocycles. The molecule has 286 valence electrons. The highest BCUT2D eigenvalue weighted by molar-refractivity contribution is 6.08. The lowest BCUT2D eigenvalue weighted by atomic mass is 9.67. The Morgan fingerprint density at radius 3 is 2.12 bits per heavy atom. The first-order valence-corrected chi connectivity index (χ1v) is 21.2. The van der Waals surface area contributed by atoms with Gasteiger partial charge in [-0.05, 0) is 123 Å².